The van der Waals surface area contributed by atoms with Crippen molar-refractivity contribution < 1.29 is 9.72 Å². The predicted molar refractivity (Wildman–Crippen MR) is 95.6 cm³/mol. The molecule has 0 spiro atoms. The first-order valence-corrected chi connectivity index (χ1v) is 7.95. The second-order valence-corrected chi connectivity index (χ2v) is 6.02. The van der Waals surface area contributed by atoms with Gasteiger partial charge in [0.1, 0.15) is 0 Å². The molecule has 8 heteroatoms. The number of carbonyl (C=O) groups excluding carboxylic acids is 1. The Balaban J connectivity index is 2.37. The van der Waals surface area contributed by atoms with Gasteiger partial charge in [-0.3, -0.25) is 14.9 Å². The van der Waals surface area contributed by atoms with E-state index in [0.717, 1.165) is 0 Å². The van der Waals surface area contributed by atoms with Gasteiger partial charge in [0.2, 0.25) is 0 Å². The Labute approximate surface area is 152 Å². The van der Waals surface area contributed by atoms with Crippen molar-refractivity contribution in [2.45, 2.75) is 6.92 Å². The molecule has 3 rings (SSSR count). The van der Waals surface area contributed by atoms with E-state index in [-0.39, 0.29) is 22.5 Å². The van der Waals surface area contributed by atoms with Gasteiger partial charge >= 0.3 is 0 Å². The molecule has 0 radical (unpaired) electrons. The maximum absolute atomic E-state index is 12.0. The molecule has 0 aliphatic rings. The van der Waals surface area contributed by atoms with Crippen LogP contribution < -0.4 is 0 Å². The van der Waals surface area contributed by atoms with E-state index in [1.54, 1.807) is 49.4 Å². The molecule has 0 N–H and O–H groups in total. The number of para-hydroxylation sites is 1. The van der Waals surface area contributed by atoms with Gasteiger partial charge in [0.25, 0.3) is 10.9 Å². The summed E-state index contributed by atoms with van der Waals surface area (Å²) in [6, 6.07) is 12.9. The zero-order valence-electron chi connectivity index (χ0n) is 12.9. The van der Waals surface area contributed by atoms with Crippen LogP contribution in [0.1, 0.15) is 16.1 Å². The summed E-state index contributed by atoms with van der Waals surface area (Å²) in [7, 11) is 0. The quantitative estimate of drug-likeness (QED) is 0.373. The highest BCUT2D eigenvalue weighted by molar-refractivity contribution is 6.68. The SMILES string of the molecule is Cc1nn(-c2ccc(Cl)cc2)c(-c2ccccc2[N+](=O)[O-])c1C(=O)Cl. The molecule has 6 nitrogen and oxygen atoms in total. The topological polar surface area (TPSA) is 78.0 Å². The predicted octanol–water partition coefficient (Wildman–Crippen LogP) is 4.79. The molecule has 126 valence electrons. The Bertz CT molecular complexity index is 981. The van der Waals surface area contributed by atoms with Crippen molar-refractivity contribution in [3.63, 3.8) is 0 Å². The van der Waals surface area contributed by atoms with E-state index in [9.17, 15) is 14.9 Å². The van der Waals surface area contributed by atoms with E-state index in [1.165, 1.54) is 10.7 Å². The summed E-state index contributed by atoms with van der Waals surface area (Å²) in [6.45, 7) is 1.63. The van der Waals surface area contributed by atoms with Crippen LogP contribution >= 0.6 is 23.2 Å². The van der Waals surface area contributed by atoms with Crippen LogP contribution in [-0.2, 0) is 0 Å². The molecule has 0 saturated carbocycles. The van der Waals surface area contributed by atoms with Crippen LogP contribution in [0.2, 0.25) is 5.02 Å². The molecule has 0 saturated heterocycles. The second kappa shape index (κ2) is 6.66. The number of aromatic nitrogens is 2. The van der Waals surface area contributed by atoms with Gasteiger partial charge in [-0.2, -0.15) is 5.10 Å². The minimum absolute atomic E-state index is 0.130. The fraction of sp³-hybridized carbons (Fsp3) is 0.0588. The van der Waals surface area contributed by atoms with E-state index in [0.29, 0.717) is 16.4 Å². The van der Waals surface area contributed by atoms with Crippen molar-refractivity contribution in [3.8, 4) is 16.9 Å². The summed E-state index contributed by atoms with van der Waals surface area (Å²) < 4.78 is 1.46. The van der Waals surface area contributed by atoms with Crippen LogP contribution in [0.4, 0.5) is 5.69 Å². The standard InChI is InChI=1S/C17H11Cl2N3O3/c1-10-15(17(19)23)16(13-4-2-3-5-14(13)22(24)25)21(20-10)12-8-6-11(18)7-9-12/h2-9H,1H3. The molecule has 1 heterocycles. The third kappa shape index (κ3) is 3.14. The number of nitro benzene ring substituents is 1. The molecule has 0 unspecified atom stereocenters. The van der Waals surface area contributed by atoms with Gasteiger partial charge in [-0.1, -0.05) is 23.7 Å². The molecule has 0 aliphatic heterocycles. The molecule has 1 aromatic heterocycles. The number of nitro groups is 1. The Kier molecular flexibility index (Phi) is 4.57. The molecule has 25 heavy (non-hydrogen) atoms. The third-order valence-corrected chi connectivity index (χ3v) is 4.12. The molecule has 0 atom stereocenters. The Morgan fingerprint density at radius 2 is 1.80 bits per heavy atom. The minimum atomic E-state index is -0.731. The number of halogens is 2. The molecule has 2 aromatic carbocycles. The van der Waals surface area contributed by atoms with Gasteiger partial charge < -0.3 is 0 Å². The lowest BCUT2D eigenvalue weighted by atomic mass is 10.0. The van der Waals surface area contributed by atoms with E-state index < -0.39 is 10.2 Å². The number of aryl methyl sites for hydroxylation is 1. The van der Waals surface area contributed by atoms with E-state index in [2.05, 4.69) is 5.10 Å². The van der Waals surface area contributed by atoms with Crippen LogP contribution in [0.3, 0.4) is 0 Å². The highest BCUT2D eigenvalue weighted by Gasteiger charge is 2.27. The maximum Gasteiger partial charge on any atom is 0.278 e. The Hall–Kier alpha value is -2.70. The summed E-state index contributed by atoms with van der Waals surface area (Å²) in [5.74, 6) is 0. The Morgan fingerprint density at radius 1 is 1.16 bits per heavy atom. The van der Waals surface area contributed by atoms with Crippen LogP contribution in [0.5, 0.6) is 0 Å². The Morgan fingerprint density at radius 3 is 2.40 bits per heavy atom. The fourth-order valence-electron chi connectivity index (χ4n) is 2.61. The summed E-state index contributed by atoms with van der Waals surface area (Å²) >= 11 is 11.7. The number of hydrogen-bond donors (Lipinski definition) is 0. The number of carbonyl (C=O) groups is 1. The van der Waals surface area contributed by atoms with Gasteiger partial charge in [-0.25, -0.2) is 4.68 Å². The third-order valence-electron chi connectivity index (χ3n) is 3.68. The van der Waals surface area contributed by atoms with Crippen molar-refractivity contribution in [2.75, 3.05) is 0 Å². The maximum atomic E-state index is 12.0. The number of hydrogen-bond acceptors (Lipinski definition) is 4. The average molecular weight is 376 g/mol. The highest BCUT2D eigenvalue weighted by atomic mass is 35.5. The summed E-state index contributed by atoms with van der Waals surface area (Å²) in [6.07, 6.45) is 0. The fourth-order valence-corrected chi connectivity index (χ4v) is 2.97. The number of nitrogens with zero attached hydrogens (tertiary/aromatic N) is 3. The molecule has 3 aromatic rings. The second-order valence-electron chi connectivity index (χ2n) is 5.25. The zero-order chi connectivity index (χ0) is 18.1. The normalized spacial score (nSPS) is 10.7. The smallest absolute Gasteiger partial charge is 0.275 e. The largest absolute Gasteiger partial charge is 0.278 e. The lowest BCUT2D eigenvalue weighted by molar-refractivity contribution is -0.384. The first-order chi connectivity index (χ1) is 11.9. The highest BCUT2D eigenvalue weighted by Crippen LogP contribution is 2.36. The van der Waals surface area contributed by atoms with Gasteiger partial charge in [0.05, 0.1) is 33.1 Å². The van der Waals surface area contributed by atoms with Crippen molar-refractivity contribution in [1.29, 1.82) is 0 Å². The van der Waals surface area contributed by atoms with Crippen molar-refractivity contribution in [2.24, 2.45) is 0 Å². The van der Waals surface area contributed by atoms with E-state index in [1.807, 2.05) is 0 Å². The zero-order valence-corrected chi connectivity index (χ0v) is 14.5. The van der Waals surface area contributed by atoms with Crippen LogP contribution in [-0.4, -0.2) is 19.9 Å². The monoisotopic (exact) mass is 375 g/mol. The molecule has 0 bridgehead atoms. The summed E-state index contributed by atoms with van der Waals surface area (Å²) in [5, 5.41) is 15.6. The average Bonchev–Trinajstić information content (AvgIpc) is 2.92. The minimum Gasteiger partial charge on any atom is -0.275 e. The van der Waals surface area contributed by atoms with Crippen LogP contribution in [0, 0.1) is 17.0 Å². The van der Waals surface area contributed by atoms with Crippen LogP contribution in [0.25, 0.3) is 16.9 Å². The molecular weight excluding hydrogens is 365 g/mol. The summed E-state index contributed by atoms with van der Waals surface area (Å²) in [4.78, 5) is 22.9. The number of benzene rings is 2. The van der Waals surface area contributed by atoms with Crippen molar-refractivity contribution >= 4 is 34.1 Å². The van der Waals surface area contributed by atoms with Gasteiger partial charge in [0.15, 0.2) is 0 Å². The molecule has 0 fully saturated rings. The lowest BCUT2D eigenvalue weighted by Gasteiger charge is -2.09. The summed E-state index contributed by atoms with van der Waals surface area (Å²) in [5.41, 5.74) is 1.50. The van der Waals surface area contributed by atoms with Gasteiger partial charge in [-0.15, -0.1) is 0 Å². The van der Waals surface area contributed by atoms with Crippen molar-refractivity contribution in [1.82, 2.24) is 9.78 Å². The van der Waals surface area contributed by atoms with Crippen molar-refractivity contribution in [3.05, 3.63) is 74.9 Å². The lowest BCUT2D eigenvalue weighted by Crippen LogP contribution is -2.03. The molecule has 0 aliphatic carbocycles. The van der Waals surface area contributed by atoms with Crippen LogP contribution in [0.15, 0.2) is 48.5 Å². The first kappa shape index (κ1) is 17.1. The number of rotatable bonds is 4. The first-order valence-electron chi connectivity index (χ1n) is 7.19. The van der Waals surface area contributed by atoms with Gasteiger partial charge in [0, 0.05) is 11.1 Å². The van der Waals surface area contributed by atoms with Gasteiger partial charge in [-0.05, 0) is 48.9 Å². The van der Waals surface area contributed by atoms with E-state index >= 15 is 0 Å². The molecule has 0 amide bonds. The molecular formula is C17H11Cl2N3O3. The van der Waals surface area contributed by atoms with E-state index in [4.69, 9.17) is 23.2 Å².